The van der Waals surface area contributed by atoms with Gasteiger partial charge in [-0.3, -0.25) is 9.59 Å². The lowest BCUT2D eigenvalue weighted by atomic mass is 9.82. The molecule has 3 aromatic rings. The highest BCUT2D eigenvalue weighted by atomic mass is 127. The van der Waals surface area contributed by atoms with Gasteiger partial charge >= 0.3 is 0 Å². The summed E-state index contributed by atoms with van der Waals surface area (Å²) in [6.07, 6.45) is 5.93. The Hall–Kier alpha value is -3.25. The Morgan fingerprint density at radius 1 is 1.06 bits per heavy atom. The number of aliphatic hydroxyl groups is 1. The van der Waals surface area contributed by atoms with E-state index in [0.29, 0.717) is 13.1 Å². The molecule has 7 nitrogen and oxygen atoms in total. The van der Waals surface area contributed by atoms with Crippen molar-refractivity contribution in [1.29, 1.82) is 0 Å². The number of rotatable bonds is 14. The Kier molecular flexibility index (Phi) is 12.7. The van der Waals surface area contributed by atoms with E-state index in [0.717, 1.165) is 39.0 Å². The Morgan fingerprint density at radius 2 is 1.76 bits per heavy atom. The van der Waals surface area contributed by atoms with Gasteiger partial charge in [-0.2, -0.15) is 0 Å². The van der Waals surface area contributed by atoms with Crippen LogP contribution in [0.3, 0.4) is 0 Å². The first-order valence-corrected chi connectivity index (χ1v) is 22.1. The summed E-state index contributed by atoms with van der Waals surface area (Å²) < 4.78 is 13.8. The van der Waals surface area contributed by atoms with Crippen molar-refractivity contribution in [3.05, 3.63) is 111 Å². The maximum absolute atomic E-state index is 15.1. The fourth-order valence-corrected chi connectivity index (χ4v) is 12.6. The molecule has 2 amide bonds. The number of ether oxygens (including phenoxy) is 2. The van der Waals surface area contributed by atoms with Crippen LogP contribution in [0.1, 0.15) is 58.1 Å². The van der Waals surface area contributed by atoms with Gasteiger partial charge in [-0.1, -0.05) is 91.0 Å². The van der Waals surface area contributed by atoms with Crippen molar-refractivity contribution in [3.63, 3.8) is 0 Å². The SMILES string of the molecule is COc1ccc([Si](C)(C)[C@@H]2[C@@H](CC(=O)N(CCO)Cc3ccccc3)O[C@]3(C(=O)N(C/C=C(\C)CCC=C(C)C)c4ccc(I)cc43)[C@H]2C)cc1. The maximum Gasteiger partial charge on any atom is 0.264 e. The van der Waals surface area contributed by atoms with Gasteiger partial charge in [-0.05, 0) is 97.6 Å². The predicted octanol–water partition coefficient (Wildman–Crippen LogP) is 7.97. The molecule has 0 aromatic heterocycles. The molecule has 1 fully saturated rings. The van der Waals surface area contributed by atoms with Gasteiger partial charge in [-0.25, -0.2) is 0 Å². The van der Waals surface area contributed by atoms with Crippen LogP contribution < -0.4 is 14.8 Å². The van der Waals surface area contributed by atoms with E-state index in [-0.39, 0.29) is 42.8 Å². The molecule has 0 aliphatic carbocycles. The molecule has 3 aromatic carbocycles. The van der Waals surface area contributed by atoms with Crippen LogP contribution in [0.2, 0.25) is 18.6 Å². The van der Waals surface area contributed by atoms with Crippen molar-refractivity contribution in [1.82, 2.24) is 4.90 Å². The second-order valence-electron chi connectivity index (χ2n) is 14.8. The van der Waals surface area contributed by atoms with E-state index in [1.165, 1.54) is 16.3 Å². The van der Waals surface area contributed by atoms with Crippen molar-refractivity contribution in [3.8, 4) is 5.75 Å². The molecule has 4 atom stereocenters. The second-order valence-corrected chi connectivity index (χ2v) is 20.8. The minimum atomic E-state index is -2.43. The molecule has 0 radical (unpaired) electrons. The van der Waals surface area contributed by atoms with Crippen molar-refractivity contribution in [2.24, 2.45) is 5.92 Å². The highest BCUT2D eigenvalue weighted by Gasteiger charge is 2.66. The largest absolute Gasteiger partial charge is 0.497 e. The highest BCUT2D eigenvalue weighted by molar-refractivity contribution is 14.1. The highest BCUT2D eigenvalue weighted by Crippen LogP contribution is 2.60. The number of allylic oxidation sites excluding steroid dienone is 3. The normalized spacial score (nSPS) is 21.6. The third kappa shape index (κ3) is 8.21. The molecule has 1 N–H and O–H groups in total. The molecule has 2 aliphatic heterocycles. The summed E-state index contributed by atoms with van der Waals surface area (Å²) in [7, 11) is -0.768. The number of anilines is 1. The Labute approximate surface area is 318 Å². The van der Waals surface area contributed by atoms with Gasteiger partial charge in [0, 0.05) is 34.7 Å². The van der Waals surface area contributed by atoms with Crippen molar-refractivity contribution < 1.29 is 24.2 Å². The molecule has 0 saturated carbocycles. The number of hydrogen-bond donors (Lipinski definition) is 1. The van der Waals surface area contributed by atoms with E-state index < -0.39 is 19.8 Å². The van der Waals surface area contributed by atoms with Gasteiger partial charge < -0.3 is 24.4 Å². The standard InChI is InChI=1S/C42H53IN2O5Si/c1-29(2)12-11-13-30(3)22-23-45-37-21-16-33(43)26-36(37)42(41(45)48)31(4)40(51(6,7)35-19-17-34(49-5)18-20-35)38(50-42)27-39(47)44(24-25-46)28-32-14-9-8-10-15-32/h8-10,12,14-22,26,31,38,40,46H,11,13,23-25,27-28H2,1-7H3/b30-22+/t31-,38+,40-,42+/m0/s1. The number of nitrogens with zero attached hydrogens (tertiary/aromatic N) is 2. The first-order chi connectivity index (χ1) is 24.3. The quantitative estimate of drug-likeness (QED) is 0.102. The van der Waals surface area contributed by atoms with E-state index in [9.17, 15) is 9.90 Å². The molecule has 2 aliphatic rings. The number of methoxy groups -OCH3 is 1. The van der Waals surface area contributed by atoms with Gasteiger partial charge in [0.25, 0.3) is 5.91 Å². The molecular formula is C42H53IN2O5Si. The minimum Gasteiger partial charge on any atom is -0.497 e. The van der Waals surface area contributed by atoms with Crippen LogP contribution in [0.15, 0.2) is 96.1 Å². The van der Waals surface area contributed by atoms with Gasteiger partial charge in [0.05, 0.1) is 40.0 Å². The number of aliphatic hydroxyl groups excluding tert-OH is 1. The topological polar surface area (TPSA) is 79.3 Å². The maximum atomic E-state index is 15.1. The summed E-state index contributed by atoms with van der Waals surface area (Å²) in [5.74, 6) is 0.428. The van der Waals surface area contributed by atoms with Crippen LogP contribution in [0.25, 0.3) is 0 Å². The average Bonchev–Trinajstić information content (AvgIpc) is 3.53. The molecule has 5 rings (SSSR count). The number of hydrogen-bond acceptors (Lipinski definition) is 5. The number of benzene rings is 3. The lowest BCUT2D eigenvalue weighted by molar-refractivity contribution is -0.149. The zero-order valence-corrected chi connectivity index (χ0v) is 34.3. The van der Waals surface area contributed by atoms with Gasteiger partial charge in [-0.15, -0.1) is 0 Å². The molecule has 272 valence electrons. The van der Waals surface area contributed by atoms with Crippen molar-refractivity contribution in [2.45, 2.75) is 83.8 Å². The minimum absolute atomic E-state index is 0.0590. The first kappa shape index (κ1) is 39.0. The fourth-order valence-electron chi connectivity index (χ4n) is 8.12. The molecule has 51 heavy (non-hydrogen) atoms. The number of carbonyl (C=O) groups is 2. The number of fused-ring (bicyclic) bond motifs is 2. The molecule has 0 unspecified atom stereocenters. The van der Waals surface area contributed by atoms with E-state index in [2.05, 4.69) is 106 Å². The third-order valence-electron chi connectivity index (χ3n) is 10.8. The summed E-state index contributed by atoms with van der Waals surface area (Å²) in [6, 6.07) is 24.3. The van der Waals surface area contributed by atoms with Crippen LogP contribution in [0.4, 0.5) is 5.69 Å². The average molecular weight is 821 g/mol. The monoisotopic (exact) mass is 820 g/mol. The van der Waals surface area contributed by atoms with Crippen LogP contribution in [0.5, 0.6) is 5.75 Å². The first-order valence-electron chi connectivity index (χ1n) is 18.0. The van der Waals surface area contributed by atoms with Gasteiger partial charge in [0.15, 0.2) is 5.60 Å². The smallest absolute Gasteiger partial charge is 0.264 e. The second kappa shape index (κ2) is 16.6. The van der Waals surface area contributed by atoms with Gasteiger partial charge in [0.2, 0.25) is 5.91 Å². The summed E-state index contributed by atoms with van der Waals surface area (Å²) in [6.45, 7) is 14.1. The third-order valence-corrected chi connectivity index (χ3v) is 15.9. The van der Waals surface area contributed by atoms with E-state index >= 15 is 4.79 Å². The van der Waals surface area contributed by atoms with E-state index in [1.807, 2.05) is 47.4 Å². The van der Waals surface area contributed by atoms with Crippen LogP contribution in [-0.2, 0) is 26.5 Å². The van der Waals surface area contributed by atoms with Crippen molar-refractivity contribution in [2.75, 3.05) is 31.7 Å². The van der Waals surface area contributed by atoms with Gasteiger partial charge in [0.1, 0.15) is 5.75 Å². The van der Waals surface area contributed by atoms with E-state index in [1.54, 1.807) is 12.0 Å². The number of halogens is 1. The molecule has 9 heteroatoms. The lowest BCUT2D eigenvalue weighted by Gasteiger charge is -2.37. The molecule has 0 bridgehead atoms. The zero-order valence-electron chi connectivity index (χ0n) is 31.1. The van der Waals surface area contributed by atoms with Crippen molar-refractivity contribution >= 4 is 53.4 Å². The Morgan fingerprint density at radius 3 is 2.41 bits per heavy atom. The molecular weight excluding hydrogens is 767 g/mol. The molecule has 1 saturated heterocycles. The zero-order chi connectivity index (χ0) is 36.9. The summed E-state index contributed by atoms with van der Waals surface area (Å²) in [5, 5.41) is 11.2. The van der Waals surface area contributed by atoms with Crippen LogP contribution in [-0.4, -0.2) is 62.8 Å². The summed E-state index contributed by atoms with van der Waals surface area (Å²) >= 11 is 2.32. The van der Waals surface area contributed by atoms with E-state index in [4.69, 9.17) is 9.47 Å². The molecule has 1 spiro atoms. The Bertz CT molecular complexity index is 1750. The molecule has 2 heterocycles. The predicted molar refractivity (Wildman–Crippen MR) is 217 cm³/mol. The Balaban J connectivity index is 1.55. The van der Waals surface area contributed by atoms with Crippen LogP contribution in [0, 0.1) is 9.49 Å². The summed E-state index contributed by atoms with van der Waals surface area (Å²) in [5.41, 5.74) is 4.01. The number of amides is 2. The fraction of sp³-hybridized carbons (Fsp3) is 0.429. The number of carbonyl (C=O) groups excluding carboxylic acids is 2. The lowest BCUT2D eigenvalue weighted by Crippen LogP contribution is -2.52. The summed E-state index contributed by atoms with van der Waals surface area (Å²) in [4.78, 5) is 32.9. The van der Waals surface area contributed by atoms with Crippen LogP contribution >= 0.6 is 22.6 Å².